The zero-order chi connectivity index (χ0) is 13.1. The Kier molecular flexibility index (Phi) is 4.02. The van der Waals surface area contributed by atoms with Gasteiger partial charge in [0, 0.05) is 12.3 Å². The molecule has 0 saturated carbocycles. The number of ether oxygens (including phenoxy) is 1. The van der Waals surface area contributed by atoms with E-state index >= 15 is 0 Å². The molecule has 0 aliphatic carbocycles. The highest BCUT2D eigenvalue weighted by Gasteiger charge is 2.34. The van der Waals surface area contributed by atoms with Gasteiger partial charge in [0.2, 0.25) is 0 Å². The number of hydrogen-bond donors (Lipinski definition) is 1. The summed E-state index contributed by atoms with van der Waals surface area (Å²) in [5.74, 6) is 0.230. The number of benzene rings is 1. The quantitative estimate of drug-likeness (QED) is 0.796. The Balaban J connectivity index is 1.99. The molecule has 1 aromatic rings. The minimum absolute atomic E-state index is 0.0522. The number of piperidine rings is 1. The number of rotatable bonds is 2. The molecule has 98 valence electrons. The molecular formula is C15H22NO2+. The molecule has 0 radical (unpaired) electrons. The van der Waals surface area contributed by atoms with E-state index in [1.165, 1.54) is 4.90 Å². The first kappa shape index (κ1) is 13.1. The fourth-order valence-corrected chi connectivity index (χ4v) is 2.57. The van der Waals surface area contributed by atoms with Crippen LogP contribution in [0, 0.1) is 5.92 Å². The normalized spacial score (nSPS) is 31.9. The molecule has 0 bridgehead atoms. The van der Waals surface area contributed by atoms with Crippen molar-refractivity contribution in [1.82, 2.24) is 0 Å². The molecule has 4 atom stereocenters. The molecule has 1 heterocycles. The van der Waals surface area contributed by atoms with Crippen LogP contribution in [-0.2, 0) is 4.74 Å². The van der Waals surface area contributed by atoms with Gasteiger partial charge >= 0.3 is 5.97 Å². The number of likely N-dealkylation sites (tertiary alicyclic amines) is 1. The molecular weight excluding hydrogens is 226 g/mol. The van der Waals surface area contributed by atoms with E-state index in [0.29, 0.717) is 17.5 Å². The summed E-state index contributed by atoms with van der Waals surface area (Å²) in [7, 11) is 2.20. The van der Waals surface area contributed by atoms with Crippen LogP contribution in [0.2, 0.25) is 0 Å². The van der Waals surface area contributed by atoms with Gasteiger partial charge in [0.15, 0.2) is 0 Å². The SMILES string of the molecule is C[C@@H]1C[NH+](C)[C@@H](C)C[C@H]1OC(=O)c1ccccc1. The number of esters is 1. The molecule has 1 unspecified atom stereocenters. The molecule has 2 rings (SSSR count). The Hall–Kier alpha value is -1.35. The zero-order valence-corrected chi connectivity index (χ0v) is 11.3. The van der Waals surface area contributed by atoms with Crippen LogP contribution >= 0.6 is 0 Å². The van der Waals surface area contributed by atoms with Gasteiger partial charge in [-0.25, -0.2) is 4.79 Å². The largest absolute Gasteiger partial charge is 0.458 e. The van der Waals surface area contributed by atoms with E-state index in [1.807, 2.05) is 18.2 Å². The van der Waals surface area contributed by atoms with Crippen molar-refractivity contribution in [2.45, 2.75) is 32.4 Å². The van der Waals surface area contributed by atoms with Gasteiger partial charge < -0.3 is 9.64 Å². The fraction of sp³-hybridized carbons (Fsp3) is 0.533. The van der Waals surface area contributed by atoms with Gasteiger partial charge in [0.1, 0.15) is 6.10 Å². The molecule has 1 fully saturated rings. The average molecular weight is 248 g/mol. The minimum Gasteiger partial charge on any atom is -0.458 e. The standard InChI is InChI=1S/C15H21NO2/c1-11-10-16(3)12(2)9-14(11)18-15(17)13-7-5-4-6-8-13/h4-8,11-12,14H,9-10H2,1-3H3/p+1/t11-,12+,14-/m1/s1. The van der Waals surface area contributed by atoms with Crippen LogP contribution in [0.5, 0.6) is 0 Å². The molecule has 1 saturated heterocycles. The maximum absolute atomic E-state index is 12.0. The second-order valence-electron chi connectivity index (χ2n) is 5.47. The Bertz CT molecular complexity index is 404. The maximum Gasteiger partial charge on any atom is 0.338 e. The van der Waals surface area contributed by atoms with Crippen molar-refractivity contribution in [2.75, 3.05) is 13.6 Å². The van der Waals surface area contributed by atoms with E-state index in [0.717, 1.165) is 13.0 Å². The number of quaternary nitrogens is 1. The third kappa shape index (κ3) is 2.91. The summed E-state index contributed by atoms with van der Waals surface area (Å²) in [6.45, 7) is 5.44. The van der Waals surface area contributed by atoms with Gasteiger partial charge in [-0.05, 0) is 19.1 Å². The molecule has 3 nitrogen and oxygen atoms in total. The number of carbonyl (C=O) groups is 1. The molecule has 1 aromatic carbocycles. The van der Waals surface area contributed by atoms with E-state index in [-0.39, 0.29) is 12.1 Å². The number of nitrogens with one attached hydrogen (secondary N) is 1. The Morgan fingerprint density at radius 2 is 1.94 bits per heavy atom. The predicted octanol–water partition coefficient (Wildman–Crippen LogP) is 1.16. The third-order valence-corrected chi connectivity index (χ3v) is 3.97. The summed E-state index contributed by atoms with van der Waals surface area (Å²) in [6.07, 6.45) is 1.00. The molecule has 18 heavy (non-hydrogen) atoms. The van der Waals surface area contributed by atoms with Crippen molar-refractivity contribution in [3.63, 3.8) is 0 Å². The average Bonchev–Trinajstić information content (AvgIpc) is 2.37. The van der Waals surface area contributed by atoms with Crippen LogP contribution in [-0.4, -0.2) is 31.7 Å². The maximum atomic E-state index is 12.0. The zero-order valence-electron chi connectivity index (χ0n) is 11.3. The summed E-state index contributed by atoms with van der Waals surface area (Å²) in [5, 5.41) is 0. The Morgan fingerprint density at radius 3 is 2.61 bits per heavy atom. The van der Waals surface area contributed by atoms with Crippen molar-refractivity contribution < 1.29 is 14.4 Å². The highest BCUT2D eigenvalue weighted by Crippen LogP contribution is 2.17. The molecule has 1 aliphatic heterocycles. The van der Waals surface area contributed by atoms with Gasteiger partial charge in [-0.3, -0.25) is 0 Å². The van der Waals surface area contributed by atoms with E-state index in [9.17, 15) is 4.79 Å². The van der Waals surface area contributed by atoms with Gasteiger partial charge in [-0.15, -0.1) is 0 Å². The highest BCUT2D eigenvalue weighted by atomic mass is 16.5. The van der Waals surface area contributed by atoms with Gasteiger partial charge in [0.05, 0.1) is 25.2 Å². The summed E-state index contributed by atoms with van der Waals surface area (Å²) in [5.41, 5.74) is 0.642. The van der Waals surface area contributed by atoms with Gasteiger partial charge in [-0.1, -0.05) is 25.1 Å². The topological polar surface area (TPSA) is 30.7 Å². The minimum atomic E-state index is -0.195. The van der Waals surface area contributed by atoms with Crippen LogP contribution in [0.25, 0.3) is 0 Å². The van der Waals surface area contributed by atoms with Gasteiger partial charge in [0.25, 0.3) is 0 Å². The molecule has 1 N–H and O–H groups in total. The van der Waals surface area contributed by atoms with Crippen molar-refractivity contribution in [2.24, 2.45) is 5.92 Å². The summed E-state index contributed by atoms with van der Waals surface area (Å²) in [4.78, 5) is 13.5. The molecule has 1 aliphatic rings. The lowest BCUT2D eigenvalue weighted by Gasteiger charge is -2.36. The summed E-state index contributed by atoms with van der Waals surface area (Å²) < 4.78 is 5.66. The van der Waals surface area contributed by atoms with E-state index in [4.69, 9.17) is 4.74 Å². The smallest absolute Gasteiger partial charge is 0.338 e. The predicted molar refractivity (Wildman–Crippen MR) is 70.6 cm³/mol. The Morgan fingerprint density at radius 1 is 1.28 bits per heavy atom. The first-order valence-electron chi connectivity index (χ1n) is 6.66. The fourth-order valence-electron chi connectivity index (χ4n) is 2.57. The number of carbonyl (C=O) groups excluding carboxylic acids is 1. The third-order valence-electron chi connectivity index (χ3n) is 3.97. The molecule has 0 amide bonds. The summed E-state index contributed by atoms with van der Waals surface area (Å²) >= 11 is 0. The first-order valence-corrected chi connectivity index (χ1v) is 6.66. The first-order chi connectivity index (χ1) is 8.58. The van der Waals surface area contributed by atoms with Crippen LogP contribution in [0.3, 0.4) is 0 Å². The lowest BCUT2D eigenvalue weighted by Crippen LogP contribution is -3.14. The monoisotopic (exact) mass is 248 g/mol. The van der Waals surface area contributed by atoms with E-state index in [2.05, 4.69) is 20.9 Å². The van der Waals surface area contributed by atoms with Crippen LogP contribution in [0.1, 0.15) is 30.6 Å². The lowest BCUT2D eigenvalue weighted by atomic mass is 9.92. The molecule has 0 spiro atoms. The second-order valence-corrected chi connectivity index (χ2v) is 5.47. The van der Waals surface area contributed by atoms with Crippen molar-refractivity contribution in [1.29, 1.82) is 0 Å². The van der Waals surface area contributed by atoms with Crippen molar-refractivity contribution >= 4 is 5.97 Å². The van der Waals surface area contributed by atoms with E-state index in [1.54, 1.807) is 12.1 Å². The lowest BCUT2D eigenvalue weighted by molar-refractivity contribution is -0.914. The van der Waals surface area contributed by atoms with Crippen molar-refractivity contribution in [3.8, 4) is 0 Å². The Labute approximate surface area is 109 Å². The number of hydrogen-bond acceptors (Lipinski definition) is 2. The van der Waals surface area contributed by atoms with Gasteiger partial charge in [-0.2, -0.15) is 0 Å². The second kappa shape index (κ2) is 5.53. The van der Waals surface area contributed by atoms with Crippen LogP contribution < -0.4 is 4.90 Å². The van der Waals surface area contributed by atoms with Crippen molar-refractivity contribution in [3.05, 3.63) is 35.9 Å². The van der Waals surface area contributed by atoms with E-state index < -0.39 is 0 Å². The van der Waals surface area contributed by atoms with Crippen LogP contribution in [0.15, 0.2) is 30.3 Å². The molecule has 3 heteroatoms. The van der Waals surface area contributed by atoms with Crippen LogP contribution in [0.4, 0.5) is 0 Å². The summed E-state index contributed by atoms with van der Waals surface area (Å²) in [6, 6.07) is 9.78. The highest BCUT2D eigenvalue weighted by molar-refractivity contribution is 5.89. The molecule has 0 aromatic heterocycles.